The summed E-state index contributed by atoms with van der Waals surface area (Å²) in [6.07, 6.45) is -0.150. The third-order valence-electron chi connectivity index (χ3n) is 2.65. The Morgan fingerprint density at radius 1 is 1.05 bits per heavy atom. The Hall–Kier alpha value is -2.77. The summed E-state index contributed by atoms with van der Waals surface area (Å²) < 4.78 is 0. The maximum Gasteiger partial charge on any atom is 0.326 e. The molecular formula is C13H15NO7. The van der Waals surface area contributed by atoms with E-state index in [1.165, 1.54) is 0 Å². The number of carboxylic acid groups (broad SMARTS) is 2. The first kappa shape index (κ1) is 16.3. The Morgan fingerprint density at radius 3 is 2.10 bits per heavy atom. The van der Waals surface area contributed by atoms with Crippen LogP contribution >= 0.6 is 0 Å². The number of carbonyl (C=O) groups is 3. The highest BCUT2D eigenvalue weighted by molar-refractivity contribution is 5.97. The number of amides is 1. The van der Waals surface area contributed by atoms with Gasteiger partial charge in [-0.1, -0.05) is 0 Å². The van der Waals surface area contributed by atoms with Crippen molar-refractivity contribution in [2.75, 3.05) is 0 Å². The minimum atomic E-state index is -1.29. The molecule has 0 aliphatic heterocycles. The maximum atomic E-state index is 11.8. The van der Waals surface area contributed by atoms with Crippen molar-refractivity contribution in [3.63, 3.8) is 0 Å². The average molecular weight is 297 g/mol. The molecule has 0 spiro atoms. The molecule has 8 nitrogen and oxygen atoms in total. The first-order valence-electron chi connectivity index (χ1n) is 6.08. The number of hydrogen-bond acceptors (Lipinski definition) is 5. The zero-order valence-electron chi connectivity index (χ0n) is 10.9. The van der Waals surface area contributed by atoms with Crippen LogP contribution in [0.1, 0.15) is 29.6 Å². The molecule has 1 atom stereocenters. The fourth-order valence-electron chi connectivity index (χ4n) is 1.68. The summed E-state index contributed by atoms with van der Waals surface area (Å²) in [4.78, 5) is 33.2. The second kappa shape index (κ2) is 7.13. The van der Waals surface area contributed by atoms with Crippen molar-refractivity contribution in [1.29, 1.82) is 0 Å². The van der Waals surface area contributed by atoms with E-state index in [-0.39, 0.29) is 36.3 Å². The molecule has 0 fully saturated rings. The smallest absolute Gasteiger partial charge is 0.326 e. The normalized spacial score (nSPS) is 11.6. The molecule has 1 rings (SSSR count). The first-order valence-corrected chi connectivity index (χ1v) is 6.08. The van der Waals surface area contributed by atoms with Gasteiger partial charge in [-0.25, -0.2) is 4.79 Å². The number of nitrogens with one attached hydrogen (secondary N) is 1. The van der Waals surface area contributed by atoms with Crippen molar-refractivity contribution in [3.05, 3.63) is 23.8 Å². The summed E-state index contributed by atoms with van der Waals surface area (Å²) >= 11 is 0. The minimum absolute atomic E-state index is 0.0435. The van der Waals surface area contributed by atoms with Crippen LogP contribution in [-0.4, -0.2) is 44.3 Å². The second-order valence-corrected chi connectivity index (χ2v) is 4.39. The second-order valence-electron chi connectivity index (χ2n) is 4.39. The fourth-order valence-corrected chi connectivity index (χ4v) is 1.68. The molecule has 0 saturated heterocycles. The number of carbonyl (C=O) groups excluding carboxylic acids is 1. The highest BCUT2D eigenvalue weighted by Gasteiger charge is 2.21. The van der Waals surface area contributed by atoms with Crippen LogP contribution in [0.3, 0.4) is 0 Å². The van der Waals surface area contributed by atoms with Crippen LogP contribution in [0.2, 0.25) is 0 Å². The van der Waals surface area contributed by atoms with Crippen LogP contribution < -0.4 is 5.32 Å². The van der Waals surface area contributed by atoms with E-state index in [0.717, 1.165) is 18.2 Å². The largest absolute Gasteiger partial charge is 0.508 e. The summed E-state index contributed by atoms with van der Waals surface area (Å²) in [5.41, 5.74) is -0.100. The number of aromatic hydroxyl groups is 2. The Morgan fingerprint density at radius 2 is 1.62 bits per heavy atom. The molecule has 5 N–H and O–H groups in total. The molecule has 21 heavy (non-hydrogen) atoms. The third-order valence-corrected chi connectivity index (χ3v) is 2.65. The van der Waals surface area contributed by atoms with Gasteiger partial charge in [0.2, 0.25) is 0 Å². The van der Waals surface area contributed by atoms with Crippen molar-refractivity contribution in [3.8, 4) is 11.5 Å². The van der Waals surface area contributed by atoms with Gasteiger partial charge in [0.15, 0.2) is 0 Å². The van der Waals surface area contributed by atoms with Gasteiger partial charge >= 0.3 is 11.9 Å². The van der Waals surface area contributed by atoms with Crippen molar-refractivity contribution < 1.29 is 34.8 Å². The highest BCUT2D eigenvalue weighted by atomic mass is 16.4. The predicted octanol–water partition coefficient (Wildman–Crippen LogP) is 0.536. The lowest BCUT2D eigenvalue weighted by Gasteiger charge is -2.14. The van der Waals surface area contributed by atoms with Crippen molar-refractivity contribution >= 4 is 17.8 Å². The van der Waals surface area contributed by atoms with Gasteiger partial charge in [0.25, 0.3) is 5.91 Å². The van der Waals surface area contributed by atoms with Gasteiger partial charge in [0.1, 0.15) is 17.5 Å². The maximum absolute atomic E-state index is 11.8. The minimum Gasteiger partial charge on any atom is -0.508 e. The van der Waals surface area contributed by atoms with Crippen molar-refractivity contribution in [1.82, 2.24) is 5.32 Å². The summed E-state index contributed by atoms with van der Waals surface area (Å²) in [5.74, 6) is -3.80. The first-order chi connectivity index (χ1) is 9.79. The molecule has 1 aromatic carbocycles. The number of benzene rings is 1. The molecule has 114 valence electrons. The molecule has 0 bridgehead atoms. The zero-order chi connectivity index (χ0) is 16.0. The lowest BCUT2D eigenvalue weighted by atomic mass is 10.1. The Bertz CT molecular complexity index is 535. The number of carboxylic acids is 2. The number of rotatable bonds is 7. The van der Waals surface area contributed by atoms with Gasteiger partial charge in [-0.15, -0.1) is 0 Å². The quantitative estimate of drug-likeness (QED) is 0.493. The summed E-state index contributed by atoms with van der Waals surface area (Å²) in [7, 11) is 0. The van der Waals surface area contributed by atoms with E-state index in [9.17, 15) is 24.6 Å². The number of phenols is 2. The molecule has 0 radical (unpaired) electrons. The lowest BCUT2D eigenvalue weighted by Crippen LogP contribution is -2.40. The molecule has 0 aliphatic rings. The molecule has 1 aromatic rings. The van der Waals surface area contributed by atoms with Crippen LogP contribution in [0.4, 0.5) is 0 Å². The molecular weight excluding hydrogens is 282 g/mol. The highest BCUT2D eigenvalue weighted by Crippen LogP contribution is 2.20. The van der Waals surface area contributed by atoms with Crippen LogP contribution in [0, 0.1) is 0 Å². The zero-order valence-corrected chi connectivity index (χ0v) is 10.9. The van der Waals surface area contributed by atoms with E-state index in [4.69, 9.17) is 10.2 Å². The van der Waals surface area contributed by atoms with Gasteiger partial charge < -0.3 is 25.7 Å². The summed E-state index contributed by atoms with van der Waals surface area (Å²) in [6.45, 7) is 0. The average Bonchev–Trinajstić information content (AvgIpc) is 2.35. The van der Waals surface area contributed by atoms with Crippen LogP contribution in [0.15, 0.2) is 18.2 Å². The van der Waals surface area contributed by atoms with Gasteiger partial charge in [0.05, 0.1) is 0 Å². The number of aliphatic carboxylic acids is 2. The van der Waals surface area contributed by atoms with E-state index in [1.54, 1.807) is 0 Å². The van der Waals surface area contributed by atoms with Crippen LogP contribution in [0.25, 0.3) is 0 Å². The molecule has 0 aliphatic carbocycles. The monoisotopic (exact) mass is 297 g/mol. The van der Waals surface area contributed by atoms with Gasteiger partial charge in [-0.05, 0) is 25.0 Å². The third kappa shape index (κ3) is 5.39. The fraction of sp³-hybridized carbons (Fsp3) is 0.308. The summed E-state index contributed by atoms with van der Waals surface area (Å²) in [6, 6.07) is 1.93. The Balaban J connectivity index is 2.71. The molecule has 8 heteroatoms. The van der Waals surface area contributed by atoms with E-state index in [1.807, 2.05) is 0 Å². The van der Waals surface area contributed by atoms with Gasteiger partial charge in [0, 0.05) is 18.1 Å². The molecule has 0 saturated carbocycles. The predicted molar refractivity (Wildman–Crippen MR) is 70.1 cm³/mol. The molecule has 1 amide bonds. The number of phenolic OH excluding ortho intramolecular Hbond substituents is 2. The van der Waals surface area contributed by atoms with Crippen molar-refractivity contribution in [2.45, 2.75) is 25.3 Å². The topological polar surface area (TPSA) is 144 Å². The van der Waals surface area contributed by atoms with Gasteiger partial charge in [-0.2, -0.15) is 0 Å². The Labute approximate surface area is 119 Å². The van der Waals surface area contributed by atoms with Crippen molar-refractivity contribution in [2.24, 2.45) is 0 Å². The van der Waals surface area contributed by atoms with E-state index < -0.39 is 23.9 Å². The summed E-state index contributed by atoms with van der Waals surface area (Å²) in [5, 5.41) is 38.2. The lowest BCUT2D eigenvalue weighted by molar-refractivity contribution is -0.140. The molecule has 0 heterocycles. The standard InChI is InChI=1S/C13H15NO7/c15-8-4-7(5-9(16)6-8)12(19)14-10(13(20)21)2-1-3-11(17)18/h4-6,10,15-16H,1-3H2,(H,14,19)(H,17,18)(H,20,21)/t10-/m1/s1. The number of hydrogen-bond donors (Lipinski definition) is 5. The van der Waals surface area contributed by atoms with Crippen LogP contribution in [0.5, 0.6) is 11.5 Å². The van der Waals surface area contributed by atoms with Crippen LogP contribution in [-0.2, 0) is 9.59 Å². The Kier molecular flexibility index (Phi) is 5.53. The SMILES string of the molecule is O=C(O)CCC[C@@H](NC(=O)c1cc(O)cc(O)c1)C(=O)O. The van der Waals surface area contributed by atoms with Gasteiger partial charge in [-0.3, -0.25) is 9.59 Å². The molecule has 0 unspecified atom stereocenters. The van der Waals surface area contributed by atoms with E-state index >= 15 is 0 Å². The van der Waals surface area contributed by atoms with E-state index in [0.29, 0.717) is 0 Å². The van der Waals surface area contributed by atoms with E-state index in [2.05, 4.69) is 5.32 Å². The molecule has 0 aromatic heterocycles.